The van der Waals surface area contributed by atoms with Crippen LogP contribution in [0.2, 0.25) is 0 Å². The molecule has 0 bridgehead atoms. The Balaban J connectivity index is 0.000000203. The zero-order valence-electron chi connectivity index (χ0n) is 18.8. The Bertz CT molecular complexity index is 1140. The molecule has 0 fully saturated rings. The van der Waals surface area contributed by atoms with Crippen LogP contribution >= 0.6 is 21.6 Å². The number of nitrogens with zero attached hydrogens (tertiary/aromatic N) is 2. The van der Waals surface area contributed by atoms with Gasteiger partial charge in [0.15, 0.2) is 0 Å². The molecule has 2 aromatic carbocycles. The predicted molar refractivity (Wildman–Crippen MR) is 139 cm³/mol. The smallest absolute Gasteiger partial charge is 0.336 e. The number of hydrogen-bond donors (Lipinski definition) is 2. The first kappa shape index (κ1) is 26.0. The van der Waals surface area contributed by atoms with Crippen molar-refractivity contribution in [1.82, 2.24) is 9.97 Å². The summed E-state index contributed by atoms with van der Waals surface area (Å²) in [5, 5.41) is 18.2. The van der Waals surface area contributed by atoms with E-state index in [1.165, 1.54) is 51.3 Å². The average Bonchev–Trinajstić information content (AvgIpc) is 2.89. The maximum atomic E-state index is 11.1. The number of rotatable bonds is 9. The predicted octanol–water partition coefficient (Wildman–Crippen LogP) is 6.53. The normalized spacial score (nSPS) is 10.2. The van der Waals surface area contributed by atoms with Crippen LogP contribution in [-0.2, 0) is 12.8 Å². The van der Waals surface area contributed by atoms with Crippen LogP contribution in [0.3, 0.4) is 0 Å². The zero-order valence-corrected chi connectivity index (χ0v) is 20.4. The number of carboxylic acid groups (broad SMARTS) is 2. The van der Waals surface area contributed by atoms with Gasteiger partial charge in [-0.05, 0) is 78.9 Å². The fraction of sp³-hybridized carbons (Fsp3) is 0.111. The quantitative estimate of drug-likeness (QED) is 0.248. The maximum absolute atomic E-state index is 11.1. The highest BCUT2D eigenvalue weighted by molar-refractivity contribution is 8.76. The third kappa shape index (κ3) is 8.59. The van der Waals surface area contributed by atoms with Gasteiger partial charge in [-0.25, -0.2) is 9.59 Å². The van der Waals surface area contributed by atoms with E-state index in [2.05, 4.69) is 34.2 Å². The topological polar surface area (TPSA) is 100 Å². The highest BCUT2D eigenvalue weighted by Gasteiger charge is 2.13. The standard InChI is InChI=1S/C14H10O4S2.C13H14N2/c15-13(16)9-5-1-3-7-11(9)19-20-12-8-4-2-6-10(12)14(17)18;1(2-12-4-8-14-9-5-12)3-13-6-10-15-11-7-13/h1-8H,(H,15,16)(H,17,18);4-11H,1-3H2. The van der Waals surface area contributed by atoms with E-state index in [9.17, 15) is 9.59 Å². The molecule has 0 saturated carbocycles. The van der Waals surface area contributed by atoms with Gasteiger partial charge in [-0.15, -0.1) is 0 Å². The minimum atomic E-state index is -1.000. The van der Waals surface area contributed by atoms with Crippen LogP contribution in [-0.4, -0.2) is 32.1 Å². The molecule has 35 heavy (non-hydrogen) atoms. The van der Waals surface area contributed by atoms with Crippen LogP contribution in [0, 0.1) is 0 Å². The van der Waals surface area contributed by atoms with Gasteiger partial charge in [0.05, 0.1) is 11.1 Å². The maximum Gasteiger partial charge on any atom is 0.336 e. The summed E-state index contributed by atoms with van der Waals surface area (Å²) in [5.41, 5.74) is 3.13. The second-order valence-electron chi connectivity index (χ2n) is 7.33. The number of aromatic carboxylic acids is 2. The Hall–Kier alpha value is -3.62. The molecule has 4 rings (SSSR count). The number of carbonyl (C=O) groups is 2. The first-order valence-corrected chi connectivity index (χ1v) is 13.0. The van der Waals surface area contributed by atoms with Crippen LogP contribution in [0.15, 0.2) is 107 Å². The Kier molecular flexibility index (Phi) is 10.3. The number of benzene rings is 2. The Morgan fingerprint density at radius 2 is 0.971 bits per heavy atom. The van der Waals surface area contributed by atoms with Gasteiger partial charge in [0.1, 0.15) is 0 Å². The van der Waals surface area contributed by atoms with Gasteiger partial charge in [0.25, 0.3) is 0 Å². The summed E-state index contributed by atoms with van der Waals surface area (Å²) in [7, 11) is 2.47. The summed E-state index contributed by atoms with van der Waals surface area (Å²) in [6, 6.07) is 21.6. The van der Waals surface area contributed by atoms with Gasteiger partial charge in [-0.3, -0.25) is 9.97 Å². The molecule has 8 heteroatoms. The highest BCUT2D eigenvalue weighted by Crippen LogP contribution is 2.40. The molecule has 2 aromatic heterocycles. The molecule has 0 aliphatic carbocycles. The molecule has 0 aliphatic heterocycles. The van der Waals surface area contributed by atoms with Gasteiger partial charge in [-0.2, -0.15) is 0 Å². The van der Waals surface area contributed by atoms with Gasteiger partial charge < -0.3 is 10.2 Å². The number of aromatic nitrogens is 2. The molecular formula is C27H24N2O4S2. The van der Waals surface area contributed by atoms with Crippen molar-refractivity contribution < 1.29 is 19.8 Å². The summed E-state index contributed by atoms with van der Waals surface area (Å²) in [6.07, 6.45) is 10.8. The van der Waals surface area contributed by atoms with Crippen LogP contribution in [0.1, 0.15) is 38.3 Å². The Labute approximate surface area is 211 Å². The molecule has 0 amide bonds. The molecule has 0 spiro atoms. The number of hydrogen-bond acceptors (Lipinski definition) is 6. The molecular weight excluding hydrogens is 480 g/mol. The van der Waals surface area contributed by atoms with Crippen molar-refractivity contribution in [2.75, 3.05) is 0 Å². The summed E-state index contributed by atoms with van der Waals surface area (Å²) in [6.45, 7) is 0. The van der Waals surface area contributed by atoms with E-state index in [4.69, 9.17) is 10.2 Å². The Morgan fingerprint density at radius 1 is 0.600 bits per heavy atom. The molecule has 4 aromatic rings. The van der Waals surface area contributed by atoms with Crippen LogP contribution in [0.4, 0.5) is 0 Å². The van der Waals surface area contributed by atoms with E-state index in [1.54, 1.807) is 36.4 Å². The third-order valence-corrected chi connectivity index (χ3v) is 7.37. The van der Waals surface area contributed by atoms with Crippen molar-refractivity contribution in [2.45, 2.75) is 29.1 Å². The molecule has 6 nitrogen and oxygen atoms in total. The van der Waals surface area contributed by atoms with E-state index in [1.807, 2.05) is 24.8 Å². The van der Waals surface area contributed by atoms with Crippen molar-refractivity contribution >= 4 is 33.5 Å². The molecule has 0 aliphatic rings. The average molecular weight is 505 g/mol. The van der Waals surface area contributed by atoms with Crippen LogP contribution in [0.25, 0.3) is 0 Å². The minimum Gasteiger partial charge on any atom is -0.478 e. The van der Waals surface area contributed by atoms with E-state index in [0.29, 0.717) is 9.79 Å². The first-order valence-electron chi connectivity index (χ1n) is 10.8. The van der Waals surface area contributed by atoms with E-state index in [0.717, 1.165) is 12.8 Å². The van der Waals surface area contributed by atoms with Crippen molar-refractivity contribution in [3.05, 3.63) is 120 Å². The number of pyridine rings is 2. The van der Waals surface area contributed by atoms with Crippen molar-refractivity contribution in [3.63, 3.8) is 0 Å². The monoisotopic (exact) mass is 504 g/mol. The third-order valence-electron chi connectivity index (χ3n) is 4.89. The van der Waals surface area contributed by atoms with Gasteiger partial charge in [0, 0.05) is 34.6 Å². The summed E-state index contributed by atoms with van der Waals surface area (Å²) in [4.78, 5) is 31.4. The first-order chi connectivity index (χ1) is 17.0. The zero-order chi connectivity index (χ0) is 24.9. The van der Waals surface area contributed by atoms with Crippen molar-refractivity contribution in [1.29, 1.82) is 0 Å². The van der Waals surface area contributed by atoms with Crippen molar-refractivity contribution in [2.24, 2.45) is 0 Å². The van der Waals surface area contributed by atoms with Gasteiger partial charge in [-0.1, -0.05) is 45.9 Å². The minimum absolute atomic E-state index is 0.206. The van der Waals surface area contributed by atoms with Gasteiger partial charge >= 0.3 is 11.9 Å². The van der Waals surface area contributed by atoms with Crippen LogP contribution in [0.5, 0.6) is 0 Å². The molecule has 0 saturated heterocycles. The molecule has 0 atom stereocenters. The summed E-state index contributed by atoms with van der Waals surface area (Å²) >= 11 is 0. The molecule has 0 unspecified atom stereocenters. The second-order valence-corrected chi connectivity index (χ2v) is 9.55. The molecule has 178 valence electrons. The summed E-state index contributed by atoms with van der Waals surface area (Å²) < 4.78 is 0. The van der Waals surface area contributed by atoms with Crippen LogP contribution < -0.4 is 0 Å². The van der Waals surface area contributed by atoms with Crippen molar-refractivity contribution in [3.8, 4) is 0 Å². The molecule has 0 radical (unpaired) electrons. The lowest BCUT2D eigenvalue weighted by Crippen LogP contribution is -1.98. The lowest BCUT2D eigenvalue weighted by Gasteiger charge is -2.06. The lowest BCUT2D eigenvalue weighted by atomic mass is 10.1. The Morgan fingerprint density at radius 3 is 1.34 bits per heavy atom. The molecule has 2 heterocycles. The van der Waals surface area contributed by atoms with E-state index >= 15 is 0 Å². The number of carboxylic acids is 2. The van der Waals surface area contributed by atoms with E-state index < -0.39 is 11.9 Å². The lowest BCUT2D eigenvalue weighted by molar-refractivity contribution is 0.0682. The number of aryl methyl sites for hydroxylation is 2. The largest absolute Gasteiger partial charge is 0.478 e. The summed E-state index contributed by atoms with van der Waals surface area (Å²) in [5.74, 6) is -2.00. The second kappa shape index (κ2) is 13.9. The fourth-order valence-electron chi connectivity index (χ4n) is 3.12. The molecule has 2 N–H and O–H groups in total. The SMILES string of the molecule is O=C(O)c1ccccc1SSc1ccccc1C(=O)O.c1cc(CCCc2ccncc2)ccn1. The fourth-order valence-corrected chi connectivity index (χ4v) is 5.47. The van der Waals surface area contributed by atoms with E-state index in [-0.39, 0.29) is 11.1 Å². The van der Waals surface area contributed by atoms with Gasteiger partial charge in [0.2, 0.25) is 0 Å². The highest BCUT2D eigenvalue weighted by atomic mass is 33.1.